The van der Waals surface area contributed by atoms with E-state index in [4.69, 9.17) is 16.3 Å². The molecule has 0 aliphatic carbocycles. The normalized spacial score (nSPS) is 11.8. The molecule has 24 heavy (non-hydrogen) atoms. The number of halogens is 1. The van der Waals surface area contributed by atoms with Crippen LogP contribution in [0.1, 0.15) is 6.92 Å². The highest BCUT2D eigenvalue weighted by molar-refractivity contribution is 6.31. The van der Waals surface area contributed by atoms with Gasteiger partial charge < -0.3 is 10.1 Å². The van der Waals surface area contributed by atoms with Crippen molar-refractivity contribution in [1.82, 2.24) is 9.78 Å². The second kappa shape index (κ2) is 7.19. The van der Waals surface area contributed by atoms with Gasteiger partial charge in [0.1, 0.15) is 5.02 Å². The molecule has 1 N–H and O–H groups in total. The summed E-state index contributed by atoms with van der Waals surface area (Å²) in [5.74, 6) is -0.0530. The lowest BCUT2D eigenvalue weighted by Gasteiger charge is -2.13. The van der Waals surface area contributed by atoms with Gasteiger partial charge in [0.2, 0.25) is 0 Å². The number of ether oxygens (including phenoxy) is 1. The fourth-order valence-electron chi connectivity index (χ4n) is 2.12. The van der Waals surface area contributed by atoms with Crippen LogP contribution in [0.5, 0.6) is 5.88 Å². The molecule has 0 radical (unpaired) electrons. The van der Waals surface area contributed by atoms with E-state index in [9.17, 15) is 4.79 Å². The molecule has 122 valence electrons. The number of hydrogen-bond acceptors (Lipinski definition) is 3. The van der Waals surface area contributed by atoms with Gasteiger partial charge in [-0.25, -0.2) is 4.68 Å². The Morgan fingerprint density at radius 3 is 2.42 bits per heavy atom. The second-order valence-electron chi connectivity index (χ2n) is 5.18. The van der Waals surface area contributed by atoms with E-state index in [0.29, 0.717) is 10.7 Å². The predicted molar refractivity (Wildman–Crippen MR) is 93.7 cm³/mol. The van der Waals surface area contributed by atoms with Crippen molar-refractivity contribution in [3.05, 3.63) is 71.9 Å². The standard InChI is InChI=1S/C18H16ClN3O2/c1-13(17(23)20-14-8-4-2-5-9-14)24-18-16(19)12-22(21-18)15-10-6-3-7-11-15/h2-13H,1H3,(H,20,23)/t13-/m0/s1. The minimum Gasteiger partial charge on any atom is -0.462 e. The summed E-state index contributed by atoms with van der Waals surface area (Å²) >= 11 is 6.16. The van der Waals surface area contributed by atoms with Crippen molar-refractivity contribution < 1.29 is 9.53 Å². The Morgan fingerprint density at radius 1 is 1.12 bits per heavy atom. The summed E-state index contributed by atoms with van der Waals surface area (Å²) in [5, 5.41) is 7.42. The van der Waals surface area contributed by atoms with Crippen LogP contribution in [0.3, 0.4) is 0 Å². The van der Waals surface area contributed by atoms with Crippen LogP contribution in [0.25, 0.3) is 5.69 Å². The SMILES string of the molecule is C[C@H](Oc1nn(-c2ccccc2)cc1Cl)C(=O)Nc1ccccc1. The third-order valence-electron chi connectivity index (χ3n) is 3.36. The minimum atomic E-state index is -0.734. The van der Waals surface area contributed by atoms with E-state index < -0.39 is 6.10 Å². The molecule has 0 unspecified atom stereocenters. The first-order chi connectivity index (χ1) is 11.6. The van der Waals surface area contributed by atoms with Crippen LogP contribution in [0.15, 0.2) is 66.9 Å². The third-order valence-corrected chi connectivity index (χ3v) is 3.62. The smallest absolute Gasteiger partial charge is 0.265 e. The quantitative estimate of drug-likeness (QED) is 0.765. The largest absolute Gasteiger partial charge is 0.462 e. The van der Waals surface area contributed by atoms with Crippen molar-refractivity contribution in [2.45, 2.75) is 13.0 Å². The first kappa shape index (κ1) is 16.1. The first-order valence-corrected chi connectivity index (χ1v) is 7.84. The molecule has 1 atom stereocenters. The average molecular weight is 342 g/mol. The Kier molecular flexibility index (Phi) is 4.82. The van der Waals surface area contributed by atoms with Crippen molar-refractivity contribution in [2.75, 3.05) is 5.32 Å². The second-order valence-corrected chi connectivity index (χ2v) is 5.58. The summed E-state index contributed by atoms with van der Waals surface area (Å²) in [6, 6.07) is 18.7. The number of rotatable bonds is 5. The molecule has 0 spiro atoms. The molecule has 6 heteroatoms. The molecule has 0 saturated heterocycles. The van der Waals surface area contributed by atoms with Gasteiger partial charge in [-0.1, -0.05) is 48.0 Å². The molecule has 1 amide bonds. The highest BCUT2D eigenvalue weighted by Gasteiger charge is 2.19. The highest BCUT2D eigenvalue weighted by Crippen LogP contribution is 2.25. The number of carbonyl (C=O) groups excluding carboxylic acids is 1. The summed E-state index contributed by atoms with van der Waals surface area (Å²) in [4.78, 5) is 12.2. The molecule has 0 aliphatic rings. The number of anilines is 1. The van der Waals surface area contributed by atoms with Gasteiger partial charge in [-0.15, -0.1) is 5.10 Å². The molecule has 0 aliphatic heterocycles. The lowest BCUT2D eigenvalue weighted by molar-refractivity contribution is -0.122. The Hall–Kier alpha value is -2.79. The van der Waals surface area contributed by atoms with Crippen molar-refractivity contribution >= 4 is 23.2 Å². The topological polar surface area (TPSA) is 56.2 Å². The predicted octanol–water partition coefficient (Wildman–Crippen LogP) is 3.93. The van der Waals surface area contributed by atoms with Crippen LogP contribution in [-0.2, 0) is 4.79 Å². The van der Waals surface area contributed by atoms with E-state index in [1.54, 1.807) is 17.8 Å². The summed E-state index contributed by atoms with van der Waals surface area (Å²) in [6.45, 7) is 1.65. The van der Waals surface area contributed by atoms with Gasteiger partial charge in [-0.3, -0.25) is 4.79 Å². The molecule has 5 nitrogen and oxygen atoms in total. The molecule has 3 aromatic rings. The van der Waals surface area contributed by atoms with Gasteiger partial charge in [-0.2, -0.15) is 0 Å². The summed E-state index contributed by atoms with van der Waals surface area (Å²) in [6.07, 6.45) is 0.912. The molecule has 2 aromatic carbocycles. The lowest BCUT2D eigenvalue weighted by Crippen LogP contribution is -2.30. The van der Waals surface area contributed by atoms with Gasteiger partial charge in [0, 0.05) is 5.69 Å². The van der Waals surface area contributed by atoms with E-state index >= 15 is 0 Å². The molecule has 1 aromatic heterocycles. The van der Waals surface area contributed by atoms with Gasteiger partial charge in [0.25, 0.3) is 11.8 Å². The number of carbonyl (C=O) groups is 1. The van der Waals surface area contributed by atoms with Crippen LogP contribution < -0.4 is 10.1 Å². The molecule has 0 bridgehead atoms. The Balaban J connectivity index is 1.69. The van der Waals surface area contributed by atoms with Gasteiger partial charge in [-0.05, 0) is 31.2 Å². The minimum absolute atomic E-state index is 0.219. The van der Waals surface area contributed by atoms with E-state index in [0.717, 1.165) is 5.69 Å². The summed E-state index contributed by atoms with van der Waals surface area (Å²) < 4.78 is 7.22. The number of benzene rings is 2. The molecule has 1 heterocycles. The first-order valence-electron chi connectivity index (χ1n) is 7.46. The Morgan fingerprint density at radius 2 is 1.75 bits per heavy atom. The van der Waals surface area contributed by atoms with Crippen LogP contribution in [0.2, 0.25) is 5.02 Å². The monoisotopic (exact) mass is 341 g/mol. The number of hydrogen-bond donors (Lipinski definition) is 1. The van der Waals surface area contributed by atoms with Gasteiger partial charge in [0.05, 0.1) is 11.9 Å². The van der Waals surface area contributed by atoms with E-state index in [1.165, 1.54) is 0 Å². The van der Waals surface area contributed by atoms with Gasteiger partial charge in [0.15, 0.2) is 6.10 Å². The van der Waals surface area contributed by atoms with E-state index in [-0.39, 0.29) is 11.8 Å². The Bertz CT molecular complexity index is 819. The zero-order valence-electron chi connectivity index (χ0n) is 13.0. The van der Waals surface area contributed by atoms with Crippen molar-refractivity contribution in [1.29, 1.82) is 0 Å². The van der Waals surface area contributed by atoms with Crippen LogP contribution in [0, 0.1) is 0 Å². The molecular weight excluding hydrogens is 326 g/mol. The maximum atomic E-state index is 12.2. The van der Waals surface area contributed by atoms with E-state index in [2.05, 4.69) is 10.4 Å². The third kappa shape index (κ3) is 3.75. The zero-order chi connectivity index (χ0) is 16.9. The lowest BCUT2D eigenvalue weighted by atomic mass is 10.3. The molecule has 0 fully saturated rings. The highest BCUT2D eigenvalue weighted by atomic mass is 35.5. The number of amides is 1. The summed E-state index contributed by atoms with van der Waals surface area (Å²) in [5.41, 5.74) is 1.56. The van der Waals surface area contributed by atoms with Crippen LogP contribution in [-0.4, -0.2) is 21.8 Å². The van der Waals surface area contributed by atoms with E-state index in [1.807, 2.05) is 60.7 Å². The number of nitrogens with zero attached hydrogens (tertiary/aromatic N) is 2. The van der Waals surface area contributed by atoms with Crippen LogP contribution in [0.4, 0.5) is 5.69 Å². The number of aromatic nitrogens is 2. The van der Waals surface area contributed by atoms with Crippen molar-refractivity contribution in [3.8, 4) is 11.6 Å². The maximum Gasteiger partial charge on any atom is 0.265 e. The van der Waals surface area contributed by atoms with Crippen molar-refractivity contribution in [3.63, 3.8) is 0 Å². The fraction of sp³-hybridized carbons (Fsp3) is 0.111. The molecule has 3 rings (SSSR count). The summed E-state index contributed by atoms with van der Waals surface area (Å²) in [7, 11) is 0. The van der Waals surface area contributed by atoms with Crippen molar-refractivity contribution in [2.24, 2.45) is 0 Å². The molecular formula is C18H16ClN3O2. The Labute approximate surface area is 144 Å². The average Bonchev–Trinajstić information content (AvgIpc) is 2.97. The fourth-order valence-corrected chi connectivity index (χ4v) is 2.29. The zero-order valence-corrected chi connectivity index (χ0v) is 13.8. The molecule has 0 saturated carbocycles. The van der Waals surface area contributed by atoms with Crippen LogP contribution >= 0.6 is 11.6 Å². The maximum absolute atomic E-state index is 12.2. The number of para-hydroxylation sites is 2. The number of nitrogens with one attached hydrogen (secondary N) is 1. The van der Waals surface area contributed by atoms with Gasteiger partial charge >= 0.3 is 0 Å².